The molecule has 0 bridgehead atoms. The average molecular weight is 235 g/mol. The Labute approximate surface area is 100 Å². The molecule has 0 fully saturated rings. The SMILES string of the molecule is CNC(c1ccoc1C)c1sc(C)cc1C. The van der Waals surface area contributed by atoms with E-state index in [4.69, 9.17) is 4.42 Å². The molecule has 1 atom stereocenters. The summed E-state index contributed by atoms with van der Waals surface area (Å²) in [5.41, 5.74) is 2.58. The van der Waals surface area contributed by atoms with Crippen LogP contribution in [0.3, 0.4) is 0 Å². The van der Waals surface area contributed by atoms with Gasteiger partial charge in [-0.1, -0.05) is 0 Å². The van der Waals surface area contributed by atoms with E-state index in [1.165, 1.54) is 20.9 Å². The van der Waals surface area contributed by atoms with Crippen LogP contribution in [0.2, 0.25) is 0 Å². The minimum Gasteiger partial charge on any atom is -0.469 e. The minimum atomic E-state index is 0.248. The van der Waals surface area contributed by atoms with Crippen LogP contribution >= 0.6 is 11.3 Å². The van der Waals surface area contributed by atoms with E-state index >= 15 is 0 Å². The summed E-state index contributed by atoms with van der Waals surface area (Å²) in [5.74, 6) is 0.991. The van der Waals surface area contributed by atoms with E-state index in [0.717, 1.165) is 5.76 Å². The second-order valence-corrected chi connectivity index (χ2v) is 5.35. The molecular weight excluding hydrogens is 218 g/mol. The van der Waals surface area contributed by atoms with Crippen molar-refractivity contribution in [1.82, 2.24) is 5.32 Å². The largest absolute Gasteiger partial charge is 0.469 e. The van der Waals surface area contributed by atoms with Crippen LogP contribution in [0.1, 0.15) is 32.7 Å². The Morgan fingerprint density at radius 2 is 2.06 bits per heavy atom. The van der Waals surface area contributed by atoms with E-state index < -0.39 is 0 Å². The summed E-state index contributed by atoms with van der Waals surface area (Å²) in [5, 5.41) is 3.37. The van der Waals surface area contributed by atoms with Crippen LogP contribution in [-0.2, 0) is 0 Å². The maximum Gasteiger partial charge on any atom is 0.105 e. The first kappa shape index (κ1) is 11.4. The molecular formula is C13H17NOS. The van der Waals surface area contributed by atoms with Gasteiger partial charge in [0.2, 0.25) is 0 Å². The lowest BCUT2D eigenvalue weighted by Gasteiger charge is -2.15. The zero-order valence-corrected chi connectivity index (χ0v) is 10.9. The van der Waals surface area contributed by atoms with Crippen LogP contribution in [0.15, 0.2) is 22.8 Å². The molecule has 2 heterocycles. The number of nitrogens with one attached hydrogen (secondary N) is 1. The Morgan fingerprint density at radius 3 is 2.50 bits per heavy atom. The Morgan fingerprint density at radius 1 is 1.31 bits per heavy atom. The summed E-state index contributed by atoms with van der Waals surface area (Å²) in [6.07, 6.45) is 1.75. The molecule has 0 aliphatic heterocycles. The monoisotopic (exact) mass is 235 g/mol. The van der Waals surface area contributed by atoms with Crippen LogP contribution in [-0.4, -0.2) is 7.05 Å². The zero-order valence-electron chi connectivity index (χ0n) is 10.1. The molecule has 1 N–H and O–H groups in total. The molecule has 1 unspecified atom stereocenters. The summed E-state index contributed by atoms with van der Waals surface area (Å²) < 4.78 is 5.38. The molecule has 86 valence electrons. The predicted molar refractivity (Wildman–Crippen MR) is 68.1 cm³/mol. The van der Waals surface area contributed by atoms with Crippen molar-refractivity contribution in [2.24, 2.45) is 0 Å². The first-order valence-corrected chi connectivity index (χ1v) is 6.23. The van der Waals surface area contributed by atoms with E-state index in [2.05, 4.69) is 25.2 Å². The Kier molecular flexibility index (Phi) is 3.17. The zero-order chi connectivity index (χ0) is 11.7. The van der Waals surface area contributed by atoms with Crippen molar-refractivity contribution >= 4 is 11.3 Å². The van der Waals surface area contributed by atoms with Gasteiger partial charge in [0, 0.05) is 15.3 Å². The third kappa shape index (κ3) is 1.93. The fourth-order valence-electron chi connectivity index (χ4n) is 2.07. The van der Waals surface area contributed by atoms with Crippen LogP contribution < -0.4 is 5.32 Å². The molecule has 16 heavy (non-hydrogen) atoms. The standard InChI is InChI=1S/C13H17NOS/c1-8-7-9(2)16-13(8)12(14-4)11-5-6-15-10(11)3/h5-7,12,14H,1-4H3. The van der Waals surface area contributed by atoms with Crippen molar-refractivity contribution in [3.63, 3.8) is 0 Å². The highest BCUT2D eigenvalue weighted by molar-refractivity contribution is 7.12. The number of furan rings is 1. The average Bonchev–Trinajstić information content (AvgIpc) is 2.77. The highest BCUT2D eigenvalue weighted by Gasteiger charge is 2.19. The van der Waals surface area contributed by atoms with Crippen molar-refractivity contribution < 1.29 is 4.42 Å². The highest BCUT2D eigenvalue weighted by atomic mass is 32.1. The minimum absolute atomic E-state index is 0.248. The van der Waals surface area contributed by atoms with Gasteiger partial charge in [0.25, 0.3) is 0 Å². The normalized spacial score (nSPS) is 13.0. The fourth-order valence-corrected chi connectivity index (χ4v) is 3.23. The summed E-state index contributed by atoms with van der Waals surface area (Å²) >= 11 is 1.85. The first-order valence-electron chi connectivity index (χ1n) is 5.41. The fraction of sp³-hybridized carbons (Fsp3) is 0.385. The van der Waals surface area contributed by atoms with Crippen molar-refractivity contribution in [2.75, 3.05) is 7.05 Å². The van der Waals surface area contributed by atoms with Gasteiger partial charge < -0.3 is 9.73 Å². The number of hydrogen-bond acceptors (Lipinski definition) is 3. The summed E-state index contributed by atoms with van der Waals surface area (Å²) in [6, 6.07) is 4.53. The van der Waals surface area contributed by atoms with Crippen LogP contribution in [0, 0.1) is 20.8 Å². The molecule has 0 aliphatic carbocycles. The van der Waals surface area contributed by atoms with Gasteiger partial charge in [-0.25, -0.2) is 0 Å². The van der Waals surface area contributed by atoms with E-state index in [1.807, 2.05) is 31.4 Å². The maximum atomic E-state index is 5.38. The molecule has 2 aromatic rings. The van der Waals surface area contributed by atoms with Crippen LogP contribution in [0.5, 0.6) is 0 Å². The van der Waals surface area contributed by atoms with E-state index in [1.54, 1.807) is 6.26 Å². The Bertz CT molecular complexity index is 484. The molecule has 0 saturated carbocycles. The predicted octanol–water partition coefficient (Wildman–Crippen LogP) is 3.58. The topological polar surface area (TPSA) is 25.2 Å². The molecule has 3 heteroatoms. The Balaban J connectivity index is 2.44. The molecule has 0 spiro atoms. The van der Waals surface area contributed by atoms with E-state index in [-0.39, 0.29) is 6.04 Å². The van der Waals surface area contributed by atoms with Crippen LogP contribution in [0.4, 0.5) is 0 Å². The van der Waals surface area contributed by atoms with Gasteiger partial charge in [-0.3, -0.25) is 0 Å². The first-order chi connectivity index (χ1) is 7.63. The molecule has 2 nitrogen and oxygen atoms in total. The molecule has 0 radical (unpaired) electrons. The van der Waals surface area contributed by atoms with Gasteiger partial charge in [0.15, 0.2) is 0 Å². The lowest BCUT2D eigenvalue weighted by molar-refractivity contribution is 0.523. The second-order valence-electron chi connectivity index (χ2n) is 4.06. The maximum absolute atomic E-state index is 5.38. The van der Waals surface area contributed by atoms with Gasteiger partial charge in [0.05, 0.1) is 12.3 Å². The molecule has 2 rings (SSSR count). The van der Waals surface area contributed by atoms with Gasteiger partial charge in [-0.15, -0.1) is 11.3 Å². The van der Waals surface area contributed by atoms with Crippen LogP contribution in [0.25, 0.3) is 0 Å². The number of rotatable bonds is 3. The third-order valence-corrected chi connectivity index (χ3v) is 4.06. The quantitative estimate of drug-likeness (QED) is 0.879. The second kappa shape index (κ2) is 4.44. The lowest BCUT2D eigenvalue weighted by Crippen LogP contribution is -2.17. The Hall–Kier alpha value is -1.06. The molecule has 0 aromatic carbocycles. The number of aryl methyl sites for hydroxylation is 3. The van der Waals surface area contributed by atoms with Crippen molar-refractivity contribution in [3.05, 3.63) is 45.0 Å². The number of hydrogen-bond donors (Lipinski definition) is 1. The van der Waals surface area contributed by atoms with E-state index in [0.29, 0.717) is 0 Å². The highest BCUT2D eigenvalue weighted by Crippen LogP contribution is 2.33. The smallest absolute Gasteiger partial charge is 0.105 e. The van der Waals surface area contributed by atoms with Gasteiger partial charge in [-0.05, 0) is 45.5 Å². The molecule has 0 aliphatic rings. The third-order valence-electron chi connectivity index (χ3n) is 2.84. The molecule has 0 saturated heterocycles. The van der Waals surface area contributed by atoms with Crippen molar-refractivity contribution in [2.45, 2.75) is 26.8 Å². The summed E-state index contributed by atoms with van der Waals surface area (Å²) in [6.45, 7) is 6.32. The van der Waals surface area contributed by atoms with Gasteiger partial charge in [-0.2, -0.15) is 0 Å². The lowest BCUT2D eigenvalue weighted by atomic mass is 10.0. The molecule has 0 amide bonds. The van der Waals surface area contributed by atoms with Crippen molar-refractivity contribution in [1.29, 1.82) is 0 Å². The van der Waals surface area contributed by atoms with Crippen molar-refractivity contribution in [3.8, 4) is 0 Å². The number of thiophene rings is 1. The van der Waals surface area contributed by atoms with Gasteiger partial charge >= 0.3 is 0 Å². The van der Waals surface area contributed by atoms with Gasteiger partial charge in [0.1, 0.15) is 5.76 Å². The summed E-state index contributed by atoms with van der Waals surface area (Å²) in [7, 11) is 1.99. The summed E-state index contributed by atoms with van der Waals surface area (Å²) in [4.78, 5) is 2.73. The van der Waals surface area contributed by atoms with E-state index in [9.17, 15) is 0 Å². The molecule has 2 aromatic heterocycles.